The van der Waals surface area contributed by atoms with Crippen LogP contribution in [0.4, 0.5) is 5.69 Å². The highest BCUT2D eigenvalue weighted by atomic mass is 16.7. The van der Waals surface area contributed by atoms with E-state index in [-0.39, 0.29) is 12.7 Å². The van der Waals surface area contributed by atoms with E-state index in [4.69, 9.17) is 14.2 Å². The lowest BCUT2D eigenvalue weighted by Crippen LogP contribution is -2.36. The second-order valence-electron chi connectivity index (χ2n) is 6.63. The number of amides is 1. The van der Waals surface area contributed by atoms with Gasteiger partial charge in [-0.25, -0.2) is 4.99 Å². The molecule has 158 valence electrons. The zero-order valence-corrected chi connectivity index (χ0v) is 17.0. The third-order valence-corrected chi connectivity index (χ3v) is 4.44. The lowest BCUT2D eigenvalue weighted by molar-refractivity contribution is 0.0976. The highest BCUT2D eigenvalue weighted by molar-refractivity contribution is 6.10. The fraction of sp³-hybridized carbons (Fsp3) is 0.174. The molecule has 0 atom stereocenters. The molecule has 0 radical (unpaired) electrons. The molecule has 1 aromatic heterocycles. The quantitative estimate of drug-likeness (QED) is 0.469. The summed E-state index contributed by atoms with van der Waals surface area (Å²) in [5.41, 5.74) is 2.12. The molecule has 3 aromatic rings. The van der Waals surface area contributed by atoms with E-state index in [9.17, 15) is 4.79 Å². The molecule has 8 heteroatoms. The number of anilines is 1. The van der Waals surface area contributed by atoms with Crippen molar-refractivity contribution in [3.63, 3.8) is 0 Å². The molecule has 2 N–H and O–H groups in total. The number of rotatable bonds is 6. The van der Waals surface area contributed by atoms with Gasteiger partial charge in [-0.2, -0.15) is 0 Å². The van der Waals surface area contributed by atoms with Crippen LogP contribution in [0.5, 0.6) is 17.2 Å². The molecule has 0 saturated carbocycles. The maximum absolute atomic E-state index is 12.8. The number of aliphatic imine (C=N–C) groups is 1. The summed E-state index contributed by atoms with van der Waals surface area (Å²) in [6.45, 7) is 3.03. The molecule has 2 heterocycles. The maximum Gasteiger partial charge on any atom is 0.258 e. The summed E-state index contributed by atoms with van der Waals surface area (Å²) in [5.74, 6) is 1.93. The number of hydrogen-bond acceptors (Lipinski definition) is 6. The van der Waals surface area contributed by atoms with Gasteiger partial charge in [0, 0.05) is 23.6 Å². The van der Waals surface area contributed by atoms with Crippen LogP contribution in [0, 0.1) is 0 Å². The average molecular weight is 418 g/mol. The van der Waals surface area contributed by atoms with Crippen molar-refractivity contribution in [2.75, 3.05) is 18.7 Å². The summed E-state index contributed by atoms with van der Waals surface area (Å²) in [6.07, 6.45) is 3.44. The van der Waals surface area contributed by atoms with Crippen LogP contribution in [0.15, 0.2) is 72.0 Å². The van der Waals surface area contributed by atoms with Gasteiger partial charge in [0.15, 0.2) is 11.5 Å². The van der Waals surface area contributed by atoms with Gasteiger partial charge in [0.1, 0.15) is 5.75 Å². The van der Waals surface area contributed by atoms with Crippen molar-refractivity contribution in [3.05, 3.63) is 78.1 Å². The summed E-state index contributed by atoms with van der Waals surface area (Å²) in [6, 6.07) is 16.2. The molecule has 1 aliphatic heterocycles. The fourth-order valence-electron chi connectivity index (χ4n) is 2.93. The molecule has 8 nitrogen and oxygen atoms in total. The largest absolute Gasteiger partial charge is 0.494 e. The lowest BCUT2D eigenvalue weighted by Gasteiger charge is -2.13. The number of ether oxygens (including phenoxy) is 3. The standard InChI is InChI=1S/C23H22N4O4/c1-2-29-19-8-6-18(7-9-19)26-23(25-14-16-4-3-11-24-13-16)27-22(28)17-5-10-20-21(12-17)31-15-30-20/h3-13H,2,14-15H2,1H3,(H2,25,26,27,28). The Labute approximate surface area is 179 Å². The first-order chi connectivity index (χ1) is 15.2. The van der Waals surface area contributed by atoms with Gasteiger partial charge >= 0.3 is 0 Å². The van der Waals surface area contributed by atoms with E-state index in [1.807, 2.05) is 43.3 Å². The smallest absolute Gasteiger partial charge is 0.258 e. The van der Waals surface area contributed by atoms with E-state index >= 15 is 0 Å². The molecule has 0 spiro atoms. The third kappa shape index (κ3) is 5.30. The molecular formula is C23H22N4O4. The zero-order chi connectivity index (χ0) is 21.5. The number of benzene rings is 2. The molecule has 4 rings (SSSR count). The third-order valence-electron chi connectivity index (χ3n) is 4.44. The van der Waals surface area contributed by atoms with Crippen molar-refractivity contribution < 1.29 is 19.0 Å². The second kappa shape index (κ2) is 9.62. The van der Waals surface area contributed by atoms with Crippen molar-refractivity contribution >= 4 is 17.6 Å². The van der Waals surface area contributed by atoms with Crippen LogP contribution < -0.4 is 24.8 Å². The van der Waals surface area contributed by atoms with Crippen molar-refractivity contribution in [3.8, 4) is 17.2 Å². The van der Waals surface area contributed by atoms with E-state index in [0.717, 1.165) is 17.0 Å². The predicted molar refractivity (Wildman–Crippen MR) is 117 cm³/mol. The van der Waals surface area contributed by atoms with Crippen LogP contribution in [-0.2, 0) is 6.54 Å². The second-order valence-corrected chi connectivity index (χ2v) is 6.63. The Morgan fingerprint density at radius 1 is 1.13 bits per heavy atom. The van der Waals surface area contributed by atoms with Crippen molar-refractivity contribution in [2.24, 2.45) is 4.99 Å². The van der Waals surface area contributed by atoms with Crippen LogP contribution in [0.25, 0.3) is 0 Å². The van der Waals surface area contributed by atoms with Gasteiger partial charge in [-0.1, -0.05) is 6.07 Å². The molecule has 0 bridgehead atoms. The topological polar surface area (TPSA) is 94.1 Å². The van der Waals surface area contributed by atoms with Crippen molar-refractivity contribution in [2.45, 2.75) is 13.5 Å². The fourth-order valence-corrected chi connectivity index (χ4v) is 2.93. The SMILES string of the molecule is CCOc1ccc(NC(=NCc2cccnc2)NC(=O)c2ccc3c(c2)OCO3)cc1. The van der Waals surface area contributed by atoms with Gasteiger partial charge in [-0.3, -0.25) is 15.1 Å². The van der Waals surface area contributed by atoms with E-state index in [0.29, 0.717) is 36.2 Å². The van der Waals surface area contributed by atoms with E-state index in [1.54, 1.807) is 30.6 Å². The Bertz CT molecular complexity index is 1070. The number of nitrogens with zero attached hydrogens (tertiary/aromatic N) is 2. The number of carbonyl (C=O) groups excluding carboxylic acids is 1. The maximum atomic E-state index is 12.8. The van der Waals surface area contributed by atoms with Crippen LogP contribution in [0.2, 0.25) is 0 Å². The Kier molecular flexibility index (Phi) is 6.27. The molecule has 1 amide bonds. The van der Waals surface area contributed by atoms with Gasteiger partial charge in [0.25, 0.3) is 5.91 Å². The summed E-state index contributed by atoms with van der Waals surface area (Å²) in [4.78, 5) is 21.5. The van der Waals surface area contributed by atoms with Crippen molar-refractivity contribution in [1.29, 1.82) is 0 Å². The number of pyridine rings is 1. The molecule has 0 saturated heterocycles. The summed E-state index contributed by atoms with van der Waals surface area (Å²) in [7, 11) is 0. The summed E-state index contributed by atoms with van der Waals surface area (Å²) < 4.78 is 16.1. The minimum absolute atomic E-state index is 0.150. The minimum atomic E-state index is -0.318. The Morgan fingerprint density at radius 3 is 2.74 bits per heavy atom. The van der Waals surface area contributed by atoms with E-state index in [1.165, 1.54) is 0 Å². The lowest BCUT2D eigenvalue weighted by atomic mass is 10.2. The van der Waals surface area contributed by atoms with Crippen LogP contribution in [0.3, 0.4) is 0 Å². The summed E-state index contributed by atoms with van der Waals surface area (Å²) >= 11 is 0. The van der Waals surface area contributed by atoms with Gasteiger partial charge in [-0.15, -0.1) is 0 Å². The number of guanidine groups is 1. The first-order valence-corrected chi connectivity index (χ1v) is 9.85. The number of carbonyl (C=O) groups is 1. The van der Waals surface area contributed by atoms with Gasteiger partial charge in [0.2, 0.25) is 12.8 Å². The molecule has 0 unspecified atom stereocenters. The zero-order valence-electron chi connectivity index (χ0n) is 17.0. The molecular weight excluding hydrogens is 396 g/mol. The highest BCUT2D eigenvalue weighted by Gasteiger charge is 2.17. The number of aromatic nitrogens is 1. The Hall–Kier alpha value is -4.07. The molecule has 0 aliphatic carbocycles. The van der Waals surface area contributed by atoms with Gasteiger partial charge < -0.3 is 19.5 Å². The Balaban J connectivity index is 1.51. The average Bonchev–Trinajstić information content (AvgIpc) is 3.27. The van der Waals surface area contributed by atoms with Crippen LogP contribution in [0.1, 0.15) is 22.8 Å². The van der Waals surface area contributed by atoms with E-state index < -0.39 is 0 Å². The van der Waals surface area contributed by atoms with Gasteiger partial charge in [-0.05, 0) is 61.0 Å². The monoisotopic (exact) mass is 418 g/mol. The normalized spacial score (nSPS) is 12.4. The Morgan fingerprint density at radius 2 is 1.97 bits per heavy atom. The number of nitrogens with one attached hydrogen (secondary N) is 2. The highest BCUT2D eigenvalue weighted by Crippen LogP contribution is 2.32. The first-order valence-electron chi connectivity index (χ1n) is 9.85. The minimum Gasteiger partial charge on any atom is -0.494 e. The first kappa shape index (κ1) is 20.2. The van der Waals surface area contributed by atoms with Crippen molar-refractivity contribution in [1.82, 2.24) is 10.3 Å². The van der Waals surface area contributed by atoms with Crippen LogP contribution >= 0.6 is 0 Å². The van der Waals surface area contributed by atoms with E-state index in [2.05, 4.69) is 20.6 Å². The summed E-state index contributed by atoms with van der Waals surface area (Å²) in [5, 5.41) is 5.99. The van der Waals surface area contributed by atoms with Gasteiger partial charge in [0.05, 0.1) is 13.2 Å². The molecule has 0 fully saturated rings. The number of hydrogen-bond donors (Lipinski definition) is 2. The number of fused-ring (bicyclic) bond motifs is 1. The molecule has 31 heavy (non-hydrogen) atoms. The molecule has 1 aliphatic rings. The molecule has 2 aromatic carbocycles. The van der Waals surface area contributed by atoms with Crippen LogP contribution in [-0.4, -0.2) is 30.3 Å². The predicted octanol–water partition coefficient (Wildman–Crippen LogP) is 3.61.